The number of likely N-dealkylation sites (tertiary alicyclic amines) is 1. The highest BCUT2D eigenvalue weighted by molar-refractivity contribution is 5.92. The maximum Gasteiger partial charge on any atom is 0.308 e. The molecule has 7 heteroatoms. The zero-order valence-corrected chi connectivity index (χ0v) is 27.9. The molecule has 0 unspecified atom stereocenters. The largest absolute Gasteiger partial charge is 0.508 e. The Morgan fingerprint density at radius 1 is 1.13 bits per heavy atom. The lowest BCUT2D eigenvalue weighted by Crippen LogP contribution is -2.69. The van der Waals surface area contributed by atoms with Crippen molar-refractivity contribution in [1.82, 2.24) is 9.80 Å². The Kier molecular flexibility index (Phi) is 8.37. The first-order chi connectivity index (χ1) is 22.7. The molecular formula is C40H46N2O5. The minimum absolute atomic E-state index is 0.0180. The van der Waals surface area contributed by atoms with Gasteiger partial charge in [-0.25, -0.2) is 0 Å². The first kappa shape index (κ1) is 31.5. The summed E-state index contributed by atoms with van der Waals surface area (Å²) in [6.07, 6.45) is 7.65. The number of ether oxygens (including phenoxy) is 2. The number of phenols is 1. The summed E-state index contributed by atoms with van der Waals surface area (Å²) >= 11 is 0. The molecule has 2 aliphatic heterocycles. The Labute approximate surface area is 278 Å². The van der Waals surface area contributed by atoms with E-state index in [1.165, 1.54) is 12.5 Å². The molecule has 246 valence electrons. The van der Waals surface area contributed by atoms with Crippen LogP contribution in [0.25, 0.3) is 6.08 Å². The lowest BCUT2D eigenvalue weighted by molar-refractivity contribution is -0.138. The number of rotatable bonds is 9. The predicted octanol–water partition coefficient (Wildman–Crippen LogP) is 6.47. The van der Waals surface area contributed by atoms with Gasteiger partial charge in [0.25, 0.3) is 0 Å². The van der Waals surface area contributed by atoms with Gasteiger partial charge in [-0.1, -0.05) is 74.0 Å². The van der Waals surface area contributed by atoms with Crippen molar-refractivity contribution in [2.45, 2.75) is 83.4 Å². The SMILES string of the molecule is CC(=O)Oc1cc(O)c2c3c1O[C@H]1[C@@H](N(CC(C)C)C(=O)C=Cc4cccc(C)c4)CC[C@H]4[C@@H](C2)N(CCc2ccccc2)CC[C@@]341. The Morgan fingerprint density at radius 2 is 1.94 bits per heavy atom. The monoisotopic (exact) mass is 634 g/mol. The van der Waals surface area contributed by atoms with Gasteiger partial charge in [0.15, 0.2) is 11.5 Å². The molecule has 2 aliphatic carbocycles. The number of nitrogens with zero attached hydrogens (tertiary/aromatic N) is 2. The van der Waals surface area contributed by atoms with Crippen LogP contribution in [0.1, 0.15) is 67.9 Å². The molecule has 47 heavy (non-hydrogen) atoms. The van der Waals surface area contributed by atoms with Crippen LogP contribution >= 0.6 is 0 Å². The molecule has 3 aromatic rings. The molecule has 1 saturated heterocycles. The number of carbonyl (C=O) groups is 2. The highest BCUT2D eigenvalue weighted by Gasteiger charge is 2.67. The van der Waals surface area contributed by atoms with Crippen molar-refractivity contribution in [2.24, 2.45) is 11.8 Å². The van der Waals surface area contributed by atoms with Crippen LogP contribution in [-0.4, -0.2) is 64.6 Å². The minimum atomic E-state index is -0.452. The van der Waals surface area contributed by atoms with Gasteiger partial charge >= 0.3 is 5.97 Å². The van der Waals surface area contributed by atoms with Crippen molar-refractivity contribution in [3.63, 3.8) is 0 Å². The quantitative estimate of drug-likeness (QED) is 0.165. The fourth-order valence-corrected chi connectivity index (χ4v) is 9.21. The third kappa shape index (κ3) is 5.62. The van der Waals surface area contributed by atoms with Gasteiger partial charge in [-0.05, 0) is 74.6 Å². The summed E-state index contributed by atoms with van der Waals surface area (Å²) in [5.41, 5.74) is 5.01. The molecule has 1 spiro atoms. The number of hydrogen-bond acceptors (Lipinski definition) is 6. The minimum Gasteiger partial charge on any atom is -0.508 e. The van der Waals surface area contributed by atoms with Crippen molar-refractivity contribution in [1.29, 1.82) is 0 Å². The number of aromatic hydroxyl groups is 1. The van der Waals surface area contributed by atoms with Gasteiger partial charge in [-0.15, -0.1) is 0 Å². The van der Waals surface area contributed by atoms with Gasteiger partial charge in [-0.3, -0.25) is 14.5 Å². The Hall–Kier alpha value is -4.10. The molecule has 1 amide bonds. The van der Waals surface area contributed by atoms with Gasteiger partial charge in [-0.2, -0.15) is 0 Å². The standard InChI is InChI=1S/C40H46N2O5/c1-25(2)24-42(36(45)16-13-29-12-8-9-26(3)21-29)32-15-14-31-33-22-30-34(44)23-35(46-27(4)43)38-37(30)40(31,39(32)47-38)18-20-41(33)19-17-28-10-6-5-7-11-28/h5-13,16,21,23,25,31-33,39,44H,14-15,17-20,22,24H2,1-4H3/t31-,32-,33+,39-,40-/m0/s1. The second-order valence-electron chi connectivity index (χ2n) is 14.4. The molecule has 7 rings (SSSR count). The van der Waals surface area contributed by atoms with Crippen molar-refractivity contribution in [3.8, 4) is 17.2 Å². The second-order valence-corrected chi connectivity index (χ2v) is 14.4. The third-order valence-electron chi connectivity index (χ3n) is 11.0. The number of amides is 1. The normalized spacial score (nSPS) is 25.8. The highest BCUT2D eigenvalue weighted by atomic mass is 16.6. The van der Waals surface area contributed by atoms with Crippen molar-refractivity contribution in [2.75, 3.05) is 19.6 Å². The molecule has 7 nitrogen and oxygen atoms in total. The summed E-state index contributed by atoms with van der Waals surface area (Å²) < 4.78 is 12.7. The molecular weight excluding hydrogens is 588 g/mol. The third-order valence-corrected chi connectivity index (χ3v) is 11.0. The topological polar surface area (TPSA) is 79.3 Å². The summed E-state index contributed by atoms with van der Waals surface area (Å²) in [6, 6.07) is 20.4. The van der Waals surface area contributed by atoms with Crippen molar-refractivity contribution >= 4 is 18.0 Å². The van der Waals surface area contributed by atoms with E-state index in [4.69, 9.17) is 9.47 Å². The fourth-order valence-electron chi connectivity index (χ4n) is 9.21. The zero-order chi connectivity index (χ0) is 32.9. The summed E-state index contributed by atoms with van der Waals surface area (Å²) in [5, 5.41) is 11.5. The van der Waals surface area contributed by atoms with Crippen LogP contribution in [0.2, 0.25) is 0 Å². The van der Waals surface area contributed by atoms with E-state index in [1.807, 2.05) is 23.1 Å². The smallest absolute Gasteiger partial charge is 0.308 e. The average molecular weight is 635 g/mol. The predicted molar refractivity (Wildman–Crippen MR) is 183 cm³/mol. The molecule has 5 atom stereocenters. The molecule has 2 bridgehead atoms. The molecule has 3 aromatic carbocycles. The lowest BCUT2D eigenvalue weighted by atomic mass is 9.50. The molecule has 0 radical (unpaired) electrons. The van der Waals surface area contributed by atoms with E-state index < -0.39 is 5.97 Å². The Balaban J connectivity index is 1.27. The number of esters is 1. The molecule has 0 aromatic heterocycles. The average Bonchev–Trinajstić information content (AvgIpc) is 3.38. The van der Waals surface area contributed by atoms with Gasteiger partial charge in [0.2, 0.25) is 5.91 Å². The first-order valence-corrected chi connectivity index (χ1v) is 17.2. The fraction of sp³-hybridized carbons (Fsp3) is 0.450. The molecule has 1 saturated carbocycles. The van der Waals surface area contributed by atoms with E-state index in [-0.39, 0.29) is 46.9 Å². The van der Waals surface area contributed by atoms with Crippen LogP contribution in [0.4, 0.5) is 0 Å². The van der Waals surface area contributed by atoms with E-state index in [2.05, 4.69) is 68.1 Å². The zero-order valence-electron chi connectivity index (χ0n) is 27.9. The number of piperidine rings is 1. The molecule has 1 N–H and O–H groups in total. The van der Waals surface area contributed by atoms with Crippen LogP contribution in [0.15, 0.2) is 66.7 Å². The van der Waals surface area contributed by atoms with Crippen molar-refractivity contribution in [3.05, 3.63) is 94.6 Å². The Morgan fingerprint density at radius 3 is 2.68 bits per heavy atom. The molecule has 2 heterocycles. The van der Waals surface area contributed by atoms with Crippen LogP contribution < -0.4 is 9.47 Å². The van der Waals surface area contributed by atoms with E-state index in [9.17, 15) is 14.7 Å². The van der Waals surface area contributed by atoms with Gasteiger partial charge in [0.05, 0.1) is 6.04 Å². The van der Waals surface area contributed by atoms with E-state index in [0.29, 0.717) is 18.2 Å². The maximum absolute atomic E-state index is 14.1. The van der Waals surface area contributed by atoms with Gasteiger partial charge < -0.3 is 19.5 Å². The highest BCUT2D eigenvalue weighted by Crippen LogP contribution is 2.65. The Bertz CT molecular complexity index is 1700. The van der Waals surface area contributed by atoms with Crippen LogP contribution in [0.5, 0.6) is 17.2 Å². The van der Waals surface area contributed by atoms with Crippen molar-refractivity contribution < 1.29 is 24.2 Å². The van der Waals surface area contributed by atoms with E-state index in [1.54, 1.807) is 12.1 Å². The van der Waals surface area contributed by atoms with Crippen LogP contribution in [0.3, 0.4) is 0 Å². The number of phenolic OH excluding ortho intramolecular Hbond substituents is 1. The first-order valence-electron chi connectivity index (χ1n) is 17.2. The summed E-state index contributed by atoms with van der Waals surface area (Å²) in [5.74, 6) is 1.12. The van der Waals surface area contributed by atoms with Crippen LogP contribution in [-0.2, 0) is 27.8 Å². The van der Waals surface area contributed by atoms with E-state index >= 15 is 0 Å². The second kappa shape index (κ2) is 12.5. The van der Waals surface area contributed by atoms with Gasteiger partial charge in [0.1, 0.15) is 11.9 Å². The molecule has 4 aliphatic rings. The number of carbonyl (C=O) groups excluding carboxylic acids is 2. The molecule has 2 fully saturated rings. The number of hydrogen-bond donors (Lipinski definition) is 1. The summed E-state index contributed by atoms with van der Waals surface area (Å²) in [4.78, 5) is 31.0. The summed E-state index contributed by atoms with van der Waals surface area (Å²) in [6.45, 7) is 10.2. The van der Waals surface area contributed by atoms with Crippen LogP contribution in [0, 0.1) is 18.8 Å². The van der Waals surface area contributed by atoms with Gasteiger partial charge in [0, 0.05) is 54.7 Å². The summed E-state index contributed by atoms with van der Waals surface area (Å²) in [7, 11) is 0. The maximum atomic E-state index is 14.1. The number of benzene rings is 3. The lowest BCUT2D eigenvalue weighted by Gasteiger charge is -2.60. The van der Waals surface area contributed by atoms with E-state index in [0.717, 1.165) is 67.4 Å². The number of aryl methyl sites for hydroxylation is 1.